The van der Waals surface area contributed by atoms with Gasteiger partial charge in [0.25, 0.3) is 0 Å². The van der Waals surface area contributed by atoms with Crippen LogP contribution >= 0.6 is 11.3 Å². The lowest BCUT2D eigenvalue weighted by molar-refractivity contribution is -0.111. The predicted molar refractivity (Wildman–Crippen MR) is 77.9 cm³/mol. The van der Waals surface area contributed by atoms with E-state index in [1.54, 1.807) is 30.4 Å². The van der Waals surface area contributed by atoms with Crippen molar-refractivity contribution in [3.05, 3.63) is 57.5 Å². The Hall–Kier alpha value is -1.94. The summed E-state index contributed by atoms with van der Waals surface area (Å²) >= 11 is 1.59. The molecule has 0 saturated heterocycles. The number of aryl methyl sites for hydroxylation is 2. The highest BCUT2D eigenvalue weighted by Gasteiger charge is 2.03. The van der Waals surface area contributed by atoms with Gasteiger partial charge in [0, 0.05) is 16.6 Å². The molecule has 0 aliphatic rings. The predicted octanol–water partition coefficient (Wildman–Crippen LogP) is 4.16. The lowest BCUT2D eigenvalue weighted by atomic mass is 10.2. The van der Waals surface area contributed by atoms with Crippen molar-refractivity contribution in [2.75, 3.05) is 5.32 Å². The third-order valence-electron chi connectivity index (χ3n) is 2.73. The number of carbonyl (C=O) groups excluding carboxylic acids is 1. The molecule has 0 saturated carbocycles. The van der Waals surface area contributed by atoms with Gasteiger partial charge in [0.1, 0.15) is 5.82 Å². The molecule has 0 radical (unpaired) electrons. The minimum atomic E-state index is -0.305. The summed E-state index contributed by atoms with van der Waals surface area (Å²) in [6.07, 6.45) is 3.27. The first-order valence-electron chi connectivity index (χ1n) is 5.85. The van der Waals surface area contributed by atoms with Crippen molar-refractivity contribution in [3.63, 3.8) is 0 Å². The molecule has 0 atom stereocenters. The molecule has 1 aromatic carbocycles. The second-order valence-electron chi connectivity index (χ2n) is 4.25. The average molecular weight is 275 g/mol. The molecule has 98 valence electrons. The zero-order chi connectivity index (χ0) is 13.8. The summed E-state index contributed by atoms with van der Waals surface area (Å²) in [5, 5.41) is 4.71. The van der Waals surface area contributed by atoms with Crippen LogP contribution in [0.5, 0.6) is 0 Å². The number of nitrogens with one attached hydrogen (secondary N) is 1. The number of carbonyl (C=O) groups is 1. The largest absolute Gasteiger partial charge is 0.322 e. The van der Waals surface area contributed by atoms with Gasteiger partial charge < -0.3 is 5.32 Å². The molecule has 0 unspecified atom stereocenters. The third-order valence-corrected chi connectivity index (χ3v) is 3.72. The molecule has 0 spiro atoms. The summed E-state index contributed by atoms with van der Waals surface area (Å²) in [7, 11) is 0. The Labute approximate surface area is 115 Å². The third kappa shape index (κ3) is 3.51. The molecule has 0 bridgehead atoms. The number of hydrogen-bond acceptors (Lipinski definition) is 2. The Kier molecular flexibility index (Phi) is 4.12. The summed E-state index contributed by atoms with van der Waals surface area (Å²) in [6.45, 7) is 3.75. The Balaban J connectivity index is 2.05. The zero-order valence-electron chi connectivity index (χ0n) is 10.7. The molecule has 4 heteroatoms. The van der Waals surface area contributed by atoms with E-state index in [0.29, 0.717) is 11.3 Å². The van der Waals surface area contributed by atoms with Gasteiger partial charge in [-0.2, -0.15) is 0 Å². The van der Waals surface area contributed by atoms with Gasteiger partial charge in [-0.25, -0.2) is 4.39 Å². The first-order chi connectivity index (χ1) is 9.06. The Morgan fingerprint density at radius 1 is 1.26 bits per heavy atom. The van der Waals surface area contributed by atoms with Crippen LogP contribution in [0.25, 0.3) is 6.08 Å². The lowest BCUT2D eigenvalue weighted by Crippen LogP contribution is -2.08. The molecule has 0 aliphatic carbocycles. The zero-order valence-corrected chi connectivity index (χ0v) is 11.6. The van der Waals surface area contributed by atoms with E-state index in [4.69, 9.17) is 0 Å². The summed E-state index contributed by atoms with van der Waals surface area (Å²) in [4.78, 5) is 12.8. The standard InChI is InChI=1S/C15H14FNOS/c1-10-7-8-19-14(10)5-6-15(18)17-13-4-3-12(16)9-11(13)2/h3-9H,1-2H3,(H,17,18)/b6-5+. The Morgan fingerprint density at radius 2 is 2.05 bits per heavy atom. The Morgan fingerprint density at radius 3 is 2.68 bits per heavy atom. The van der Waals surface area contributed by atoms with Crippen LogP contribution in [0.1, 0.15) is 16.0 Å². The SMILES string of the molecule is Cc1cc(F)ccc1NC(=O)/C=C/c1sccc1C. The fourth-order valence-corrected chi connectivity index (χ4v) is 2.47. The number of rotatable bonds is 3. The molecule has 1 amide bonds. The number of thiophene rings is 1. The van der Waals surface area contributed by atoms with Crippen LogP contribution in [-0.4, -0.2) is 5.91 Å². The first kappa shape index (κ1) is 13.5. The van der Waals surface area contributed by atoms with Gasteiger partial charge in [-0.05, 0) is 60.7 Å². The molecule has 2 aromatic rings. The first-order valence-corrected chi connectivity index (χ1v) is 6.73. The fraction of sp³-hybridized carbons (Fsp3) is 0.133. The van der Waals surface area contributed by atoms with Crippen LogP contribution in [0.15, 0.2) is 35.7 Å². The topological polar surface area (TPSA) is 29.1 Å². The second-order valence-corrected chi connectivity index (χ2v) is 5.20. The lowest BCUT2D eigenvalue weighted by Gasteiger charge is -2.05. The smallest absolute Gasteiger partial charge is 0.248 e. The fourth-order valence-electron chi connectivity index (χ4n) is 1.65. The van der Waals surface area contributed by atoms with Gasteiger partial charge in [-0.3, -0.25) is 4.79 Å². The van der Waals surface area contributed by atoms with E-state index < -0.39 is 0 Å². The highest BCUT2D eigenvalue weighted by atomic mass is 32.1. The maximum Gasteiger partial charge on any atom is 0.248 e. The molecular formula is C15H14FNOS. The van der Waals surface area contributed by atoms with E-state index in [2.05, 4.69) is 5.32 Å². The number of halogens is 1. The van der Waals surface area contributed by atoms with Crippen molar-refractivity contribution < 1.29 is 9.18 Å². The van der Waals surface area contributed by atoms with Crippen molar-refractivity contribution in [1.29, 1.82) is 0 Å². The normalized spacial score (nSPS) is 10.9. The van der Waals surface area contributed by atoms with Crippen LogP contribution in [0.2, 0.25) is 0 Å². The minimum Gasteiger partial charge on any atom is -0.322 e. The monoisotopic (exact) mass is 275 g/mol. The van der Waals surface area contributed by atoms with Crippen LogP contribution in [0, 0.1) is 19.7 Å². The highest BCUT2D eigenvalue weighted by molar-refractivity contribution is 7.11. The summed E-state index contributed by atoms with van der Waals surface area (Å²) < 4.78 is 12.9. The van der Waals surface area contributed by atoms with Gasteiger partial charge in [-0.15, -0.1) is 11.3 Å². The number of anilines is 1. The maximum absolute atomic E-state index is 12.9. The number of benzene rings is 1. The van der Waals surface area contributed by atoms with Crippen molar-refractivity contribution in [1.82, 2.24) is 0 Å². The van der Waals surface area contributed by atoms with E-state index in [9.17, 15) is 9.18 Å². The molecule has 1 N–H and O–H groups in total. The average Bonchev–Trinajstić information content (AvgIpc) is 2.76. The molecular weight excluding hydrogens is 261 g/mol. The van der Waals surface area contributed by atoms with E-state index in [0.717, 1.165) is 10.4 Å². The van der Waals surface area contributed by atoms with Gasteiger partial charge in [-0.1, -0.05) is 0 Å². The van der Waals surface area contributed by atoms with Crippen LogP contribution < -0.4 is 5.32 Å². The van der Waals surface area contributed by atoms with Gasteiger partial charge >= 0.3 is 0 Å². The van der Waals surface area contributed by atoms with E-state index in [-0.39, 0.29) is 11.7 Å². The molecule has 1 heterocycles. The van der Waals surface area contributed by atoms with Gasteiger partial charge in [0.2, 0.25) is 5.91 Å². The van der Waals surface area contributed by atoms with Gasteiger partial charge in [0.05, 0.1) is 0 Å². The second kappa shape index (κ2) is 5.80. The maximum atomic E-state index is 12.9. The van der Waals surface area contributed by atoms with Crippen molar-refractivity contribution in [3.8, 4) is 0 Å². The van der Waals surface area contributed by atoms with E-state index in [1.807, 2.05) is 18.4 Å². The minimum absolute atomic E-state index is 0.220. The van der Waals surface area contributed by atoms with Crippen LogP contribution in [-0.2, 0) is 4.79 Å². The summed E-state index contributed by atoms with van der Waals surface area (Å²) in [5.41, 5.74) is 2.47. The molecule has 1 aromatic heterocycles. The van der Waals surface area contributed by atoms with E-state index >= 15 is 0 Å². The van der Waals surface area contributed by atoms with Crippen LogP contribution in [0.3, 0.4) is 0 Å². The van der Waals surface area contributed by atoms with E-state index in [1.165, 1.54) is 18.2 Å². The molecule has 2 nitrogen and oxygen atoms in total. The van der Waals surface area contributed by atoms with Crippen molar-refractivity contribution in [2.24, 2.45) is 0 Å². The van der Waals surface area contributed by atoms with Gasteiger partial charge in [0.15, 0.2) is 0 Å². The molecule has 2 rings (SSSR count). The van der Waals surface area contributed by atoms with Crippen molar-refractivity contribution in [2.45, 2.75) is 13.8 Å². The number of hydrogen-bond donors (Lipinski definition) is 1. The molecule has 0 fully saturated rings. The summed E-state index contributed by atoms with van der Waals surface area (Å²) in [6, 6.07) is 6.29. The van der Waals surface area contributed by atoms with Crippen molar-refractivity contribution >= 4 is 29.0 Å². The quantitative estimate of drug-likeness (QED) is 0.837. The highest BCUT2D eigenvalue weighted by Crippen LogP contribution is 2.18. The molecule has 19 heavy (non-hydrogen) atoms. The Bertz CT molecular complexity index is 631. The van der Waals surface area contributed by atoms with Crippen LogP contribution in [0.4, 0.5) is 10.1 Å². The summed E-state index contributed by atoms with van der Waals surface area (Å²) in [5.74, 6) is -0.525. The number of amides is 1. The molecule has 0 aliphatic heterocycles.